The molecule has 0 aliphatic heterocycles. The first-order valence-corrected chi connectivity index (χ1v) is 7.22. The normalized spacial score (nSPS) is 15.8. The zero-order valence-corrected chi connectivity index (χ0v) is 12.4. The van der Waals surface area contributed by atoms with E-state index < -0.39 is 6.04 Å². The summed E-state index contributed by atoms with van der Waals surface area (Å²) in [5.41, 5.74) is 0.388. The van der Waals surface area contributed by atoms with E-state index in [4.69, 9.17) is 11.6 Å². The summed E-state index contributed by atoms with van der Waals surface area (Å²) < 4.78 is 0. The van der Waals surface area contributed by atoms with Crippen molar-refractivity contribution >= 4 is 23.4 Å². The average Bonchev–Trinajstić information content (AvgIpc) is 3.19. The van der Waals surface area contributed by atoms with Crippen LogP contribution in [0.4, 0.5) is 0 Å². The van der Waals surface area contributed by atoms with Gasteiger partial charge in [-0.15, -0.1) is 0 Å². The van der Waals surface area contributed by atoms with Crippen LogP contribution in [-0.2, 0) is 4.79 Å². The number of benzene rings is 1. The van der Waals surface area contributed by atoms with Crippen LogP contribution in [0.3, 0.4) is 0 Å². The number of nitrogens with one attached hydrogen (secondary N) is 2. The van der Waals surface area contributed by atoms with Crippen molar-refractivity contribution in [2.45, 2.75) is 38.8 Å². The molecule has 1 saturated carbocycles. The Hall–Kier alpha value is -1.55. The highest BCUT2D eigenvalue weighted by Crippen LogP contribution is 2.20. The quantitative estimate of drug-likeness (QED) is 0.876. The molecule has 2 amide bonds. The minimum Gasteiger partial charge on any atom is -0.352 e. The van der Waals surface area contributed by atoms with E-state index in [1.165, 1.54) is 0 Å². The van der Waals surface area contributed by atoms with Gasteiger partial charge in [0.05, 0.1) is 10.6 Å². The molecule has 0 unspecified atom stereocenters. The van der Waals surface area contributed by atoms with E-state index >= 15 is 0 Å². The van der Waals surface area contributed by atoms with E-state index in [1.807, 2.05) is 13.8 Å². The molecule has 1 aromatic carbocycles. The van der Waals surface area contributed by atoms with Crippen LogP contribution in [0.1, 0.15) is 37.0 Å². The summed E-state index contributed by atoms with van der Waals surface area (Å²) in [7, 11) is 0. The second-order valence-corrected chi connectivity index (χ2v) is 5.87. The van der Waals surface area contributed by atoms with Crippen molar-refractivity contribution in [3.8, 4) is 0 Å². The largest absolute Gasteiger partial charge is 0.352 e. The van der Waals surface area contributed by atoms with Crippen LogP contribution >= 0.6 is 11.6 Å². The third kappa shape index (κ3) is 3.73. The summed E-state index contributed by atoms with van der Waals surface area (Å²) in [6.45, 7) is 3.81. The number of rotatable bonds is 5. The van der Waals surface area contributed by atoms with Gasteiger partial charge in [0, 0.05) is 6.04 Å². The standard InChI is InChI=1S/C15H19ClN2O2/c1-9(2)13(15(20)17-10-7-8-10)18-14(19)11-5-3-4-6-12(11)16/h3-6,9-10,13H,7-8H2,1-2H3,(H,17,20)(H,18,19)/t13-/m0/s1. The van der Waals surface area contributed by atoms with Crippen molar-refractivity contribution in [3.05, 3.63) is 34.9 Å². The third-order valence-corrected chi connectivity index (χ3v) is 3.61. The van der Waals surface area contributed by atoms with Crippen LogP contribution in [0.5, 0.6) is 0 Å². The van der Waals surface area contributed by atoms with E-state index in [0.717, 1.165) is 12.8 Å². The number of halogens is 1. The lowest BCUT2D eigenvalue weighted by Gasteiger charge is -2.22. The van der Waals surface area contributed by atoms with Crippen molar-refractivity contribution in [1.29, 1.82) is 0 Å². The Labute approximate surface area is 123 Å². The number of carbonyl (C=O) groups is 2. The predicted molar refractivity (Wildman–Crippen MR) is 78.7 cm³/mol. The van der Waals surface area contributed by atoms with Gasteiger partial charge in [0.2, 0.25) is 5.91 Å². The van der Waals surface area contributed by atoms with Gasteiger partial charge in [-0.2, -0.15) is 0 Å². The van der Waals surface area contributed by atoms with Gasteiger partial charge < -0.3 is 10.6 Å². The average molecular weight is 295 g/mol. The molecule has 1 fully saturated rings. The highest BCUT2D eigenvalue weighted by atomic mass is 35.5. The maximum absolute atomic E-state index is 12.2. The van der Waals surface area contributed by atoms with E-state index in [-0.39, 0.29) is 23.8 Å². The minimum atomic E-state index is -0.542. The fraction of sp³-hybridized carbons (Fsp3) is 0.467. The lowest BCUT2D eigenvalue weighted by atomic mass is 10.0. The Morgan fingerprint density at radius 2 is 1.90 bits per heavy atom. The molecule has 20 heavy (non-hydrogen) atoms. The van der Waals surface area contributed by atoms with E-state index in [2.05, 4.69) is 10.6 Å². The summed E-state index contributed by atoms with van der Waals surface area (Å²) >= 11 is 5.99. The van der Waals surface area contributed by atoms with Gasteiger partial charge >= 0.3 is 0 Å². The fourth-order valence-electron chi connectivity index (χ4n) is 1.92. The lowest BCUT2D eigenvalue weighted by molar-refractivity contribution is -0.124. The molecule has 0 spiro atoms. The summed E-state index contributed by atoms with van der Waals surface area (Å²) in [4.78, 5) is 24.3. The van der Waals surface area contributed by atoms with E-state index in [1.54, 1.807) is 24.3 Å². The molecule has 108 valence electrons. The molecule has 1 aliphatic carbocycles. The molecule has 0 saturated heterocycles. The van der Waals surface area contributed by atoms with Gasteiger partial charge in [0.1, 0.15) is 6.04 Å². The van der Waals surface area contributed by atoms with Crippen LogP contribution in [0, 0.1) is 5.92 Å². The van der Waals surface area contributed by atoms with Crippen molar-refractivity contribution in [2.24, 2.45) is 5.92 Å². The molecule has 0 heterocycles. The van der Waals surface area contributed by atoms with Crippen LogP contribution in [-0.4, -0.2) is 23.9 Å². The SMILES string of the molecule is CC(C)[C@H](NC(=O)c1ccccc1Cl)C(=O)NC1CC1. The first-order chi connectivity index (χ1) is 9.49. The van der Waals surface area contributed by atoms with Gasteiger partial charge in [-0.3, -0.25) is 9.59 Å². The van der Waals surface area contributed by atoms with Gasteiger partial charge in [-0.25, -0.2) is 0 Å². The molecule has 1 atom stereocenters. The maximum Gasteiger partial charge on any atom is 0.253 e. The fourth-order valence-corrected chi connectivity index (χ4v) is 2.14. The maximum atomic E-state index is 12.2. The zero-order valence-electron chi connectivity index (χ0n) is 11.7. The molecule has 0 bridgehead atoms. The molecule has 0 aromatic heterocycles. The second kappa shape index (κ2) is 6.27. The molecule has 2 rings (SSSR count). The molecule has 5 heteroatoms. The Morgan fingerprint density at radius 1 is 1.25 bits per heavy atom. The Balaban J connectivity index is 2.05. The summed E-state index contributed by atoms with van der Waals surface area (Å²) in [6.07, 6.45) is 2.05. The van der Waals surface area contributed by atoms with Crippen molar-refractivity contribution in [2.75, 3.05) is 0 Å². The number of carbonyl (C=O) groups excluding carboxylic acids is 2. The van der Waals surface area contributed by atoms with Gasteiger partial charge in [0.15, 0.2) is 0 Å². The highest BCUT2D eigenvalue weighted by molar-refractivity contribution is 6.33. The molecular formula is C15H19ClN2O2. The molecule has 1 aliphatic rings. The smallest absolute Gasteiger partial charge is 0.253 e. The van der Waals surface area contributed by atoms with Gasteiger partial charge in [-0.1, -0.05) is 37.6 Å². The summed E-state index contributed by atoms with van der Waals surface area (Å²) in [5, 5.41) is 6.08. The van der Waals surface area contributed by atoms with Gasteiger partial charge in [-0.05, 0) is 30.9 Å². The van der Waals surface area contributed by atoms with E-state index in [9.17, 15) is 9.59 Å². The van der Waals surface area contributed by atoms with Crippen molar-refractivity contribution < 1.29 is 9.59 Å². The zero-order chi connectivity index (χ0) is 14.7. The van der Waals surface area contributed by atoms with Crippen LogP contribution < -0.4 is 10.6 Å². The topological polar surface area (TPSA) is 58.2 Å². The summed E-state index contributed by atoms with van der Waals surface area (Å²) in [6, 6.07) is 6.55. The summed E-state index contributed by atoms with van der Waals surface area (Å²) in [5.74, 6) is -0.427. The van der Waals surface area contributed by atoms with Crippen LogP contribution in [0.15, 0.2) is 24.3 Å². The van der Waals surface area contributed by atoms with Crippen LogP contribution in [0.25, 0.3) is 0 Å². The minimum absolute atomic E-state index is 0.0141. The molecule has 0 radical (unpaired) electrons. The first-order valence-electron chi connectivity index (χ1n) is 6.85. The second-order valence-electron chi connectivity index (χ2n) is 5.46. The van der Waals surface area contributed by atoms with Gasteiger partial charge in [0.25, 0.3) is 5.91 Å². The van der Waals surface area contributed by atoms with Crippen molar-refractivity contribution in [1.82, 2.24) is 10.6 Å². The molecular weight excluding hydrogens is 276 g/mol. The predicted octanol–water partition coefficient (Wildman–Crippen LogP) is 2.37. The Kier molecular flexibility index (Phi) is 4.65. The lowest BCUT2D eigenvalue weighted by Crippen LogP contribution is -2.50. The molecule has 1 aromatic rings. The number of amides is 2. The van der Waals surface area contributed by atoms with Crippen molar-refractivity contribution in [3.63, 3.8) is 0 Å². The van der Waals surface area contributed by atoms with E-state index in [0.29, 0.717) is 10.6 Å². The molecule has 2 N–H and O–H groups in total. The number of hydrogen-bond acceptors (Lipinski definition) is 2. The van der Waals surface area contributed by atoms with Crippen LogP contribution in [0.2, 0.25) is 5.02 Å². The Morgan fingerprint density at radius 3 is 2.45 bits per heavy atom. The first kappa shape index (κ1) is 14.9. The Bertz CT molecular complexity index is 512. The third-order valence-electron chi connectivity index (χ3n) is 3.28. The number of hydrogen-bond donors (Lipinski definition) is 2. The molecule has 4 nitrogen and oxygen atoms in total. The monoisotopic (exact) mass is 294 g/mol. The highest BCUT2D eigenvalue weighted by Gasteiger charge is 2.30.